The molecule has 1 fully saturated rings. The third-order valence-electron chi connectivity index (χ3n) is 5.70. The van der Waals surface area contributed by atoms with Crippen molar-refractivity contribution in [2.45, 2.75) is 20.4 Å². The summed E-state index contributed by atoms with van der Waals surface area (Å²) in [5.74, 6) is 0.810. The van der Waals surface area contributed by atoms with Crippen molar-refractivity contribution in [3.05, 3.63) is 77.3 Å². The van der Waals surface area contributed by atoms with E-state index in [1.54, 1.807) is 6.26 Å². The molecular formula is C23H26FN3O2. The number of carbonyl (C=O) groups excluding carboxylic acids is 1. The molecule has 1 aliphatic heterocycles. The number of furan rings is 1. The van der Waals surface area contributed by atoms with Crippen LogP contribution in [0.2, 0.25) is 0 Å². The van der Waals surface area contributed by atoms with Crippen LogP contribution in [0.1, 0.15) is 27.5 Å². The van der Waals surface area contributed by atoms with E-state index in [2.05, 4.69) is 14.4 Å². The molecule has 6 heteroatoms. The molecule has 3 aromatic rings. The van der Waals surface area contributed by atoms with Crippen molar-refractivity contribution in [1.29, 1.82) is 0 Å². The quantitative estimate of drug-likeness (QED) is 0.594. The summed E-state index contributed by atoms with van der Waals surface area (Å²) in [6.45, 7) is 8.36. The Morgan fingerprint density at radius 2 is 1.79 bits per heavy atom. The molecule has 4 rings (SSSR count). The van der Waals surface area contributed by atoms with Gasteiger partial charge in [-0.05, 0) is 56.3 Å². The Morgan fingerprint density at radius 3 is 2.45 bits per heavy atom. The summed E-state index contributed by atoms with van der Waals surface area (Å²) in [5, 5.41) is 0. The van der Waals surface area contributed by atoms with Gasteiger partial charge in [-0.25, -0.2) is 4.39 Å². The van der Waals surface area contributed by atoms with E-state index in [1.807, 2.05) is 44.2 Å². The highest BCUT2D eigenvalue weighted by Crippen LogP contribution is 2.20. The van der Waals surface area contributed by atoms with Crippen LogP contribution in [-0.4, -0.2) is 48.0 Å². The zero-order valence-corrected chi connectivity index (χ0v) is 16.9. The number of aromatic nitrogens is 1. The zero-order valence-electron chi connectivity index (χ0n) is 16.9. The molecule has 0 radical (unpaired) electrons. The number of ketones is 1. The number of halogens is 1. The Balaban J connectivity index is 1.37. The predicted molar refractivity (Wildman–Crippen MR) is 111 cm³/mol. The van der Waals surface area contributed by atoms with Gasteiger partial charge in [0.1, 0.15) is 11.6 Å². The maximum absolute atomic E-state index is 13.1. The van der Waals surface area contributed by atoms with Gasteiger partial charge < -0.3 is 13.9 Å². The van der Waals surface area contributed by atoms with E-state index in [-0.39, 0.29) is 11.6 Å². The van der Waals surface area contributed by atoms with E-state index >= 15 is 0 Å². The zero-order chi connectivity index (χ0) is 20.4. The number of carbonyl (C=O) groups is 1. The first-order valence-corrected chi connectivity index (χ1v) is 9.96. The molecule has 3 heterocycles. The number of aryl methyl sites for hydroxylation is 1. The largest absolute Gasteiger partial charge is 0.467 e. The minimum absolute atomic E-state index is 0.152. The Morgan fingerprint density at radius 1 is 1.07 bits per heavy atom. The summed E-state index contributed by atoms with van der Waals surface area (Å²) in [6, 6.07) is 12.4. The van der Waals surface area contributed by atoms with Gasteiger partial charge >= 0.3 is 0 Å². The van der Waals surface area contributed by atoms with Crippen molar-refractivity contribution < 1.29 is 13.6 Å². The van der Waals surface area contributed by atoms with E-state index in [1.165, 1.54) is 12.1 Å². The summed E-state index contributed by atoms with van der Waals surface area (Å²) in [5.41, 5.74) is 3.85. The van der Waals surface area contributed by atoms with Gasteiger partial charge in [-0.1, -0.05) is 0 Å². The molecule has 2 aromatic heterocycles. The number of nitrogens with zero attached hydrogens (tertiary/aromatic N) is 3. The lowest BCUT2D eigenvalue weighted by molar-refractivity contribution is 0.0925. The molecule has 0 unspecified atom stereocenters. The molecule has 152 valence electrons. The fraction of sp³-hybridized carbons (Fsp3) is 0.348. The second-order valence-corrected chi connectivity index (χ2v) is 7.61. The van der Waals surface area contributed by atoms with Crippen molar-refractivity contribution in [3.8, 4) is 0 Å². The van der Waals surface area contributed by atoms with Gasteiger partial charge in [-0.3, -0.25) is 9.69 Å². The third kappa shape index (κ3) is 4.27. The third-order valence-corrected chi connectivity index (χ3v) is 5.70. The molecule has 0 atom stereocenters. The van der Waals surface area contributed by atoms with E-state index < -0.39 is 0 Å². The molecule has 0 amide bonds. The van der Waals surface area contributed by atoms with Crippen molar-refractivity contribution >= 4 is 11.5 Å². The Labute approximate surface area is 170 Å². The average molecular weight is 395 g/mol. The minimum atomic E-state index is -0.220. The molecule has 1 aliphatic rings. The Hall–Kier alpha value is -2.86. The topological polar surface area (TPSA) is 41.6 Å². The second-order valence-electron chi connectivity index (χ2n) is 7.61. The van der Waals surface area contributed by atoms with Crippen molar-refractivity contribution in [3.63, 3.8) is 0 Å². The number of rotatable bonds is 6. The van der Waals surface area contributed by atoms with Crippen molar-refractivity contribution in [2.24, 2.45) is 0 Å². The van der Waals surface area contributed by atoms with Crippen molar-refractivity contribution in [2.75, 3.05) is 37.6 Å². The van der Waals surface area contributed by atoms with Gasteiger partial charge in [-0.15, -0.1) is 0 Å². The first-order valence-electron chi connectivity index (χ1n) is 9.96. The molecule has 0 bridgehead atoms. The van der Waals surface area contributed by atoms with Crippen LogP contribution >= 0.6 is 0 Å². The summed E-state index contributed by atoms with van der Waals surface area (Å²) in [4.78, 5) is 17.4. The second kappa shape index (κ2) is 8.25. The lowest BCUT2D eigenvalue weighted by atomic mass is 10.1. The van der Waals surface area contributed by atoms with Crippen LogP contribution in [0.15, 0.2) is 53.1 Å². The first-order chi connectivity index (χ1) is 14.0. The van der Waals surface area contributed by atoms with E-state index in [4.69, 9.17) is 4.42 Å². The van der Waals surface area contributed by atoms with Crippen LogP contribution in [0, 0.1) is 19.7 Å². The number of Topliss-reactive ketones (excluding diaryl/α,β-unsaturated/α-hetero) is 1. The van der Waals surface area contributed by atoms with Crippen LogP contribution in [-0.2, 0) is 6.54 Å². The first kappa shape index (κ1) is 19.5. The van der Waals surface area contributed by atoms with E-state index in [9.17, 15) is 9.18 Å². The predicted octanol–water partition coefficient (Wildman–Crippen LogP) is 3.89. The summed E-state index contributed by atoms with van der Waals surface area (Å²) >= 11 is 0. The number of piperazine rings is 1. The number of anilines is 1. The standard InChI is InChI=1S/C23H26FN3O2/c1-17-14-22(18(2)27(17)15-21-4-3-13-29-21)23(28)16-25-9-11-26(12-10-25)20-7-5-19(24)6-8-20/h3-8,13-14H,9-12,15-16H2,1-2H3. The fourth-order valence-corrected chi connectivity index (χ4v) is 3.99. The summed E-state index contributed by atoms with van der Waals surface area (Å²) in [6.07, 6.45) is 1.67. The fourth-order valence-electron chi connectivity index (χ4n) is 3.99. The molecule has 29 heavy (non-hydrogen) atoms. The molecule has 0 saturated carbocycles. The maximum Gasteiger partial charge on any atom is 0.178 e. The monoisotopic (exact) mass is 395 g/mol. The lowest BCUT2D eigenvalue weighted by Crippen LogP contribution is -2.48. The summed E-state index contributed by atoms with van der Waals surface area (Å²) in [7, 11) is 0. The van der Waals surface area contributed by atoms with Gasteiger partial charge in [0.25, 0.3) is 0 Å². The van der Waals surface area contributed by atoms with Gasteiger partial charge in [0.2, 0.25) is 0 Å². The van der Waals surface area contributed by atoms with Gasteiger partial charge in [0.15, 0.2) is 5.78 Å². The lowest BCUT2D eigenvalue weighted by Gasteiger charge is -2.35. The van der Waals surface area contributed by atoms with Gasteiger partial charge in [0.05, 0.1) is 19.4 Å². The van der Waals surface area contributed by atoms with Crippen LogP contribution < -0.4 is 4.90 Å². The van der Waals surface area contributed by atoms with Crippen LogP contribution in [0.5, 0.6) is 0 Å². The molecular weight excluding hydrogens is 369 g/mol. The highest BCUT2D eigenvalue weighted by molar-refractivity contribution is 5.99. The normalized spacial score (nSPS) is 15.1. The Bertz CT molecular complexity index is 968. The van der Waals surface area contributed by atoms with Crippen LogP contribution in [0.4, 0.5) is 10.1 Å². The number of hydrogen-bond acceptors (Lipinski definition) is 4. The van der Waals surface area contributed by atoms with Crippen molar-refractivity contribution in [1.82, 2.24) is 9.47 Å². The molecule has 5 nitrogen and oxygen atoms in total. The smallest absolute Gasteiger partial charge is 0.178 e. The van der Waals surface area contributed by atoms with Crippen LogP contribution in [0.25, 0.3) is 0 Å². The van der Waals surface area contributed by atoms with Crippen LogP contribution in [0.3, 0.4) is 0 Å². The minimum Gasteiger partial charge on any atom is -0.467 e. The van der Waals surface area contributed by atoms with Gasteiger partial charge in [-0.2, -0.15) is 0 Å². The number of benzene rings is 1. The highest BCUT2D eigenvalue weighted by atomic mass is 19.1. The van der Waals surface area contributed by atoms with E-state index in [0.29, 0.717) is 13.1 Å². The molecule has 0 N–H and O–H groups in total. The van der Waals surface area contributed by atoms with E-state index in [0.717, 1.165) is 54.6 Å². The molecule has 1 saturated heterocycles. The average Bonchev–Trinajstić information content (AvgIpc) is 3.33. The Kier molecular flexibility index (Phi) is 5.53. The highest BCUT2D eigenvalue weighted by Gasteiger charge is 2.22. The molecule has 0 aliphatic carbocycles. The summed E-state index contributed by atoms with van der Waals surface area (Å²) < 4.78 is 20.7. The maximum atomic E-state index is 13.1. The molecule has 1 aromatic carbocycles. The molecule has 0 spiro atoms. The van der Waals surface area contributed by atoms with Gasteiger partial charge in [0, 0.05) is 48.8 Å². The number of hydrogen-bond donors (Lipinski definition) is 0. The SMILES string of the molecule is Cc1cc(C(=O)CN2CCN(c3ccc(F)cc3)CC2)c(C)n1Cc1ccco1.